The standard InChI is InChI=1S/C20H13ClF3N5O2S/c1-10-6-16(29-32(31)11-2-3-15(21)14(7-11)20(22,23)24)17(26-8-10)18(30)12-4-5-25-19-13(12)9-27-28-19/h2-9,29H,1H3,(H,25,27,28). The van der Waals surface area contributed by atoms with Crippen LogP contribution in [0.4, 0.5) is 18.9 Å². The van der Waals surface area contributed by atoms with Crippen molar-refractivity contribution in [2.75, 3.05) is 4.72 Å². The molecule has 0 fully saturated rings. The summed E-state index contributed by atoms with van der Waals surface area (Å²) in [5, 5.41) is 6.50. The number of aryl methyl sites for hydroxylation is 1. The molecule has 32 heavy (non-hydrogen) atoms. The second-order valence-corrected chi connectivity index (χ2v) is 8.36. The number of benzene rings is 1. The third kappa shape index (κ3) is 4.21. The van der Waals surface area contributed by atoms with Crippen molar-refractivity contribution in [2.24, 2.45) is 0 Å². The lowest BCUT2D eigenvalue weighted by molar-refractivity contribution is -0.137. The van der Waals surface area contributed by atoms with E-state index in [-0.39, 0.29) is 21.8 Å². The van der Waals surface area contributed by atoms with Crippen LogP contribution in [0.3, 0.4) is 0 Å². The van der Waals surface area contributed by atoms with Gasteiger partial charge in [-0.2, -0.15) is 18.3 Å². The van der Waals surface area contributed by atoms with E-state index in [0.29, 0.717) is 22.7 Å². The van der Waals surface area contributed by atoms with Crippen molar-refractivity contribution in [3.05, 3.63) is 76.3 Å². The number of carbonyl (C=O) groups is 1. The Labute approximate surface area is 186 Å². The van der Waals surface area contributed by atoms with Gasteiger partial charge in [0.25, 0.3) is 0 Å². The molecule has 0 amide bonds. The van der Waals surface area contributed by atoms with Gasteiger partial charge in [0, 0.05) is 23.3 Å². The molecule has 2 N–H and O–H groups in total. The highest BCUT2D eigenvalue weighted by atomic mass is 35.5. The van der Waals surface area contributed by atoms with Gasteiger partial charge in [-0.05, 0) is 42.8 Å². The van der Waals surface area contributed by atoms with Crippen LogP contribution in [0.5, 0.6) is 0 Å². The summed E-state index contributed by atoms with van der Waals surface area (Å²) >= 11 is 5.63. The number of aromatic nitrogens is 4. The maximum absolute atomic E-state index is 13.2. The topological polar surface area (TPSA) is 101 Å². The average molecular weight is 480 g/mol. The Morgan fingerprint density at radius 2 is 1.94 bits per heavy atom. The minimum absolute atomic E-state index is 0.0531. The second kappa shape index (κ2) is 8.32. The van der Waals surface area contributed by atoms with Crippen LogP contribution < -0.4 is 4.72 Å². The fraction of sp³-hybridized carbons (Fsp3) is 0.100. The number of rotatable bonds is 5. The van der Waals surface area contributed by atoms with Gasteiger partial charge in [-0.3, -0.25) is 19.6 Å². The molecule has 4 aromatic rings. The lowest BCUT2D eigenvalue weighted by Gasteiger charge is -2.13. The van der Waals surface area contributed by atoms with E-state index in [1.165, 1.54) is 36.8 Å². The number of anilines is 1. The molecule has 0 saturated carbocycles. The van der Waals surface area contributed by atoms with E-state index >= 15 is 0 Å². The van der Waals surface area contributed by atoms with Crippen LogP contribution in [-0.4, -0.2) is 30.2 Å². The molecule has 0 radical (unpaired) electrons. The van der Waals surface area contributed by atoms with Gasteiger partial charge in [0.15, 0.2) is 5.65 Å². The van der Waals surface area contributed by atoms with Gasteiger partial charge in [0.1, 0.15) is 16.7 Å². The Hall–Kier alpha value is -3.31. The number of pyridine rings is 2. The smallest absolute Gasteiger partial charge is 0.299 e. The van der Waals surface area contributed by atoms with Crippen molar-refractivity contribution in [1.29, 1.82) is 0 Å². The first-order valence-electron chi connectivity index (χ1n) is 9.00. The van der Waals surface area contributed by atoms with E-state index in [1.54, 1.807) is 6.92 Å². The Balaban J connectivity index is 1.71. The minimum atomic E-state index is -4.71. The molecule has 12 heteroatoms. The first-order chi connectivity index (χ1) is 15.1. The molecule has 1 atom stereocenters. The molecular weight excluding hydrogens is 467 g/mol. The Kier molecular flexibility index (Phi) is 5.70. The zero-order valence-electron chi connectivity index (χ0n) is 16.2. The van der Waals surface area contributed by atoms with Crippen LogP contribution >= 0.6 is 11.6 Å². The summed E-state index contributed by atoms with van der Waals surface area (Å²) in [4.78, 5) is 21.3. The number of fused-ring (bicyclic) bond motifs is 1. The van der Waals surface area contributed by atoms with E-state index in [4.69, 9.17) is 11.6 Å². The number of hydrogen-bond donors (Lipinski definition) is 2. The van der Waals surface area contributed by atoms with E-state index in [9.17, 15) is 22.2 Å². The van der Waals surface area contributed by atoms with Crippen LogP contribution in [0.25, 0.3) is 11.0 Å². The van der Waals surface area contributed by atoms with E-state index < -0.39 is 33.5 Å². The second-order valence-electron chi connectivity index (χ2n) is 6.74. The zero-order valence-corrected chi connectivity index (χ0v) is 17.8. The average Bonchev–Trinajstić information content (AvgIpc) is 3.22. The fourth-order valence-corrected chi connectivity index (χ4v) is 4.11. The van der Waals surface area contributed by atoms with Crippen LogP contribution in [0.15, 0.2) is 53.8 Å². The van der Waals surface area contributed by atoms with E-state index in [2.05, 4.69) is 24.9 Å². The van der Waals surface area contributed by atoms with Gasteiger partial charge in [-0.25, -0.2) is 9.19 Å². The zero-order chi connectivity index (χ0) is 23.0. The number of ketones is 1. The van der Waals surface area contributed by atoms with Crippen molar-refractivity contribution < 1.29 is 22.2 Å². The molecular formula is C20H13ClF3N5O2S. The van der Waals surface area contributed by atoms with Gasteiger partial charge in [-0.15, -0.1) is 0 Å². The summed E-state index contributed by atoms with van der Waals surface area (Å²) in [6.45, 7) is 1.71. The molecule has 164 valence electrons. The minimum Gasteiger partial charge on any atom is -0.299 e. The summed E-state index contributed by atoms with van der Waals surface area (Å²) < 4.78 is 54.9. The monoisotopic (exact) mass is 479 g/mol. The van der Waals surface area contributed by atoms with Gasteiger partial charge in [-0.1, -0.05) is 11.6 Å². The lowest BCUT2D eigenvalue weighted by Crippen LogP contribution is -2.14. The largest absolute Gasteiger partial charge is 0.417 e. The molecule has 0 spiro atoms. The Morgan fingerprint density at radius 3 is 2.69 bits per heavy atom. The van der Waals surface area contributed by atoms with Crippen molar-refractivity contribution >= 4 is 45.1 Å². The van der Waals surface area contributed by atoms with Crippen molar-refractivity contribution in [2.45, 2.75) is 18.0 Å². The number of H-pyrrole nitrogens is 1. The molecule has 1 aromatic carbocycles. The van der Waals surface area contributed by atoms with Gasteiger partial charge in [0.05, 0.1) is 27.4 Å². The lowest BCUT2D eigenvalue weighted by atomic mass is 10.0. The van der Waals surface area contributed by atoms with Gasteiger partial charge < -0.3 is 0 Å². The number of carbonyl (C=O) groups excluding carboxylic acids is 1. The number of aromatic amines is 1. The molecule has 0 aliphatic carbocycles. The van der Waals surface area contributed by atoms with Crippen molar-refractivity contribution in [3.8, 4) is 0 Å². The summed E-state index contributed by atoms with van der Waals surface area (Å²) in [5.41, 5.74) is 0.260. The van der Waals surface area contributed by atoms with Crippen LogP contribution in [0.1, 0.15) is 27.2 Å². The normalized spacial score (nSPS) is 12.7. The van der Waals surface area contributed by atoms with Crippen molar-refractivity contribution in [3.63, 3.8) is 0 Å². The number of nitrogens with one attached hydrogen (secondary N) is 2. The molecule has 7 nitrogen and oxygen atoms in total. The van der Waals surface area contributed by atoms with Gasteiger partial charge in [0.2, 0.25) is 5.78 Å². The maximum atomic E-state index is 13.2. The number of hydrogen-bond acceptors (Lipinski definition) is 5. The summed E-state index contributed by atoms with van der Waals surface area (Å²) in [5.74, 6) is -0.495. The summed E-state index contributed by atoms with van der Waals surface area (Å²) in [6, 6.07) is 5.97. The summed E-state index contributed by atoms with van der Waals surface area (Å²) in [6.07, 6.45) is -0.374. The third-order valence-electron chi connectivity index (χ3n) is 4.50. The highest BCUT2D eigenvalue weighted by Gasteiger charge is 2.34. The highest BCUT2D eigenvalue weighted by molar-refractivity contribution is 7.86. The SMILES string of the molecule is Cc1cnc(C(=O)c2ccnc3[nH]ncc23)c(NS(=O)c2ccc(Cl)c(C(F)(F)F)c2)c1. The predicted octanol–water partition coefficient (Wildman–Crippen LogP) is 4.70. The fourth-order valence-electron chi connectivity index (χ4n) is 3.00. The number of halogens is 4. The quantitative estimate of drug-likeness (QED) is 0.404. The summed E-state index contributed by atoms with van der Waals surface area (Å²) in [7, 11) is -2.13. The Bertz CT molecular complexity index is 1370. The molecule has 3 heterocycles. The van der Waals surface area contributed by atoms with Crippen LogP contribution in [0, 0.1) is 6.92 Å². The number of alkyl halides is 3. The number of nitrogens with zero attached hydrogens (tertiary/aromatic N) is 3. The molecule has 0 saturated heterocycles. The molecule has 1 unspecified atom stereocenters. The molecule has 0 bridgehead atoms. The van der Waals surface area contributed by atoms with Crippen LogP contribution in [0.2, 0.25) is 5.02 Å². The van der Waals surface area contributed by atoms with Gasteiger partial charge >= 0.3 is 6.18 Å². The first-order valence-corrected chi connectivity index (χ1v) is 10.5. The van der Waals surface area contributed by atoms with Crippen LogP contribution in [-0.2, 0) is 17.2 Å². The van der Waals surface area contributed by atoms with E-state index in [0.717, 1.165) is 6.07 Å². The molecule has 0 aliphatic heterocycles. The predicted molar refractivity (Wildman–Crippen MR) is 113 cm³/mol. The molecule has 3 aromatic heterocycles. The highest BCUT2D eigenvalue weighted by Crippen LogP contribution is 2.36. The van der Waals surface area contributed by atoms with E-state index in [1.807, 2.05) is 0 Å². The van der Waals surface area contributed by atoms with Crippen molar-refractivity contribution in [1.82, 2.24) is 20.2 Å². The third-order valence-corrected chi connectivity index (χ3v) is 5.92. The molecule has 0 aliphatic rings. The first kappa shape index (κ1) is 21.9. The maximum Gasteiger partial charge on any atom is 0.417 e. The Morgan fingerprint density at radius 1 is 1.16 bits per heavy atom. The molecule has 4 rings (SSSR count).